The van der Waals surface area contributed by atoms with Gasteiger partial charge < -0.3 is 10.4 Å². The first kappa shape index (κ1) is 16.6. The van der Waals surface area contributed by atoms with Crippen LogP contribution in [0.5, 0.6) is 0 Å². The van der Waals surface area contributed by atoms with E-state index in [-0.39, 0.29) is 5.82 Å². The number of carboxylic acid groups (broad SMARTS) is 1. The van der Waals surface area contributed by atoms with E-state index in [1.807, 2.05) is 0 Å². The minimum atomic E-state index is -0.797. The van der Waals surface area contributed by atoms with E-state index >= 15 is 0 Å². The van der Waals surface area contributed by atoms with Crippen molar-refractivity contribution in [2.45, 2.75) is 26.8 Å². The van der Waals surface area contributed by atoms with Gasteiger partial charge in [-0.2, -0.15) is 0 Å². The normalized spacial score (nSPS) is 11.6. The minimum absolute atomic E-state index is 0.278. The zero-order valence-electron chi connectivity index (χ0n) is 12.6. The van der Waals surface area contributed by atoms with Crippen molar-refractivity contribution >= 4 is 17.3 Å². The molecule has 0 aliphatic carbocycles. The average molecular weight is 322 g/mol. The maximum atomic E-state index is 13.7. The van der Waals surface area contributed by atoms with Gasteiger partial charge in [0, 0.05) is 23.2 Å². The second-order valence-corrected chi connectivity index (χ2v) is 6.84. The van der Waals surface area contributed by atoms with Crippen LogP contribution in [-0.2, 0) is 11.3 Å². The van der Waals surface area contributed by atoms with Gasteiger partial charge in [-0.3, -0.25) is 4.79 Å². The molecule has 0 atom stereocenters. The number of hydrogen-bond acceptors (Lipinski definition) is 4. The van der Waals surface area contributed by atoms with E-state index in [1.54, 1.807) is 38.2 Å². The molecule has 0 aliphatic heterocycles. The van der Waals surface area contributed by atoms with E-state index in [2.05, 4.69) is 10.3 Å². The lowest BCUT2D eigenvalue weighted by molar-refractivity contribution is -0.147. The first-order valence-electron chi connectivity index (χ1n) is 7.04. The number of carboxylic acids is 1. The number of carbonyl (C=O) groups is 1. The monoisotopic (exact) mass is 322 g/mol. The molecule has 2 rings (SSSR count). The van der Waals surface area contributed by atoms with Crippen molar-refractivity contribution in [3.63, 3.8) is 0 Å². The molecule has 6 heteroatoms. The highest BCUT2D eigenvalue weighted by atomic mass is 32.1. The Balaban J connectivity index is 1.88. The molecule has 0 amide bonds. The Bertz CT molecular complexity index is 655. The van der Waals surface area contributed by atoms with Crippen molar-refractivity contribution in [2.24, 2.45) is 5.41 Å². The van der Waals surface area contributed by atoms with Gasteiger partial charge in [-0.05, 0) is 38.9 Å². The summed E-state index contributed by atoms with van der Waals surface area (Å²) in [5.74, 6) is -1.08. The molecule has 0 aliphatic rings. The molecule has 0 spiro atoms. The zero-order valence-corrected chi connectivity index (χ0v) is 13.4. The number of thiazole rings is 1. The smallest absolute Gasteiger partial charge is 0.309 e. The standard InChI is InChI=1S/C16H19FN2O2S/c1-16(2,15(20)21)7-8-18-9-11-10-19-14(22-11)12-5-3-4-6-13(12)17/h3-6,10,18H,7-9H2,1-2H3,(H,20,21). The average Bonchev–Trinajstić information content (AvgIpc) is 2.92. The van der Waals surface area contributed by atoms with Crippen LogP contribution in [-0.4, -0.2) is 22.6 Å². The second kappa shape index (κ2) is 6.98. The Morgan fingerprint density at radius 1 is 1.41 bits per heavy atom. The van der Waals surface area contributed by atoms with Crippen LogP contribution in [0.2, 0.25) is 0 Å². The number of nitrogens with zero attached hydrogens (tertiary/aromatic N) is 1. The van der Waals surface area contributed by atoms with Gasteiger partial charge in [-0.15, -0.1) is 11.3 Å². The Kier molecular flexibility index (Phi) is 5.26. The van der Waals surface area contributed by atoms with Gasteiger partial charge in [0.25, 0.3) is 0 Å². The third kappa shape index (κ3) is 4.11. The van der Waals surface area contributed by atoms with E-state index in [0.29, 0.717) is 30.1 Å². The highest BCUT2D eigenvalue weighted by molar-refractivity contribution is 7.15. The predicted molar refractivity (Wildman–Crippen MR) is 85.2 cm³/mol. The van der Waals surface area contributed by atoms with Gasteiger partial charge >= 0.3 is 5.97 Å². The van der Waals surface area contributed by atoms with Gasteiger partial charge in [0.05, 0.1) is 5.41 Å². The number of rotatable bonds is 7. The van der Waals surface area contributed by atoms with Crippen LogP contribution in [0.15, 0.2) is 30.5 Å². The fraction of sp³-hybridized carbons (Fsp3) is 0.375. The van der Waals surface area contributed by atoms with Crippen molar-refractivity contribution in [2.75, 3.05) is 6.54 Å². The molecule has 0 saturated heterocycles. The molecule has 4 nitrogen and oxygen atoms in total. The lowest BCUT2D eigenvalue weighted by Gasteiger charge is -2.18. The summed E-state index contributed by atoms with van der Waals surface area (Å²) in [7, 11) is 0. The number of aliphatic carboxylic acids is 1. The predicted octanol–water partition coefficient (Wildman–Crippen LogP) is 3.54. The van der Waals surface area contributed by atoms with Gasteiger partial charge in [0.1, 0.15) is 10.8 Å². The van der Waals surface area contributed by atoms with E-state index < -0.39 is 11.4 Å². The Labute approximate surface area is 133 Å². The molecular weight excluding hydrogens is 303 g/mol. The highest BCUT2D eigenvalue weighted by Gasteiger charge is 2.26. The molecule has 118 valence electrons. The quantitative estimate of drug-likeness (QED) is 0.765. The van der Waals surface area contributed by atoms with Crippen molar-refractivity contribution in [3.05, 3.63) is 41.2 Å². The number of nitrogens with one attached hydrogen (secondary N) is 1. The summed E-state index contributed by atoms with van der Waals surface area (Å²) in [5.41, 5.74) is -0.232. The van der Waals surface area contributed by atoms with E-state index in [1.165, 1.54) is 17.4 Å². The van der Waals surface area contributed by atoms with E-state index in [0.717, 1.165) is 4.88 Å². The van der Waals surface area contributed by atoms with Gasteiger partial charge in [-0.1, -0.05) is 12.1 Å². The maximum Gasteiger partial charge on any atom is 0.309 e. The molecule has 2 N–H and O–H groups in total. The van der Waals surface area contributed by atoms with Crippen LogP contribution < -0.4 is 5.32 Å². The van der Waals surface area contributed by atoms with Crippen LogP contribution in [0.1, 0.15) is 25.1 Å². The van der Waals surface area contributed by atoms with E-state index in [4.69, 9.17) is 5.11 Å². The third-order valence-corrected chi connectivity index (χ3v) is 4.49. The fourth-order valence-corrected chi connectivity index (χ4v) is 2.78. The first-order chi connectivity index (χ1) is 10.4. The summed E-state index contributed by atoms with van der Waals surface area (Å²) in [6.07, 6.45) is 2.27. The summed E-state index contributed by atoms with van der Waals surface area (Å²) in [6, 6.07) is 6.56. The largest absolute Gasteiger partial charge is 0.481 e. The number of halogens is 1. The maximum absolute atomic E-state index is 13.7. The van der Waals surface area contributed by atoms with Crippen LogP contribution in [0.4, 0.5) is 4.39 Å². The van der Waals surface area contributed by atoms with Crippen LogP contribution in [0.25, 0.3) is 10.6 Å². The highest BCUT2D eigenvalue weighted by Crippen LogP contribution is 2.27. The van der Waals surface area contributed by atoms with Crippen LogP contribution in [0.3, 0.4) is 0 Å². The van der Waals surface area contributed by atoms with Crippen molar-refractivity contribution in [1.82, 2.24) is 10.3 Å². The summed E-state index contributed by atoms with van der Waals surface area (Å²) in [4.78, 5) is 16.2. The Hall–Kier alpha value is -1.79. The number of aromatic nitrogens is 1. The molecule has 0 saturated carbocycles. The summed E-state index contributed by atoms with van der Waals surface area (Å²) < 4.78 is 13.7. The van der Waals surface area contributed by atoms with Gasteiger partial charge in [0.15, 0.2) is 0 Å². The van der Waals surface area contributed by atoms with Gasteiger partial charge in [0.2, 0.25) is 0 Å². The Morgan fingerprint density at radius 2 is 2.14 bits per heavy atom. The molecule has 1 aromatic carbocycles. The first-order valence-corrected chi connectivity index (χ1v) is 7.85. The van der Waals surface area contributed by atoms with Crippen molar-refractivity contribution < 1.29 is 14.3 Å². The topological polar surface area (TPSA) is 62.2 Å². The van der Waals surface area contributed by atoms with Crippen molar-refractivity contribution in [1.29, 1.82) is 0 Å². The Morgan fingerprint density at radius 3 is 2.82 bits per heavy atom. The fourth-order valence-electron chi connectivity index (χ4n) is 1.87. The molecule has 0 bridgehead atoms. The third-order valence-electron chi connectivity index (χ3n) is 3.46. The summed E-state index contributed by atoms with van der Waals surface area (Å²) in [5, 5.41) is 12.9. The minimum Gasteiger partial charge on any atom is -0.481 e. The number of hydrogen-bond donors (Lipinski definition) is 2. The van der Waals surface area contributed by atoms with Gasteiger partial charge in [-0.25, -0.2) is 9.37 Å². The van der Waals surface area contributed by atoms with Crippen LogP contribution >= 0.6 is 11.3 Å². The van der Waals surface area contributed by atoms with Crippen LogP contribution in [0, 0.1) is 11.2 Å². The van der Waals surface area contributed by atoms with Crippen molar-refractivity contribution in [3.8, 4) is 10.6 Å². The number of benzene rings is 1. The summed E-state index contributed by atoms with van der Waals surface area (Å²) >= 11 is 1.43. The lowest BCUT2D eigenvalue weighted by atomic mass is 9.90. The molecule has 2 aromatic rings. The molecule has 0 radical (unpaired) electrons. The molecule has 22 heavy (non-hydrogen) atoms. The lowest BCUT2D eigenvalue weighted by Crippen LogP contribution is -2.28. The SMILES string of the molecule is CC(C)(CCNCc1cnc(-c2ccccc2F)s1)C(=O)O. The summed E-state index contributed by atoms with van der Waals surface area (Å²) in [6.45, 7) is 4.62. The second-order valence-electron chi connectivity index (χ2n) is 5.73. The molecule has 0 fully saturated rings. The molecular formula is C16H19FN2O2S. The zero-order chi connectivity index (χ0) is 16.2. The molecule has 1 aromatic heterocycles. The molecule has 1 heterocycles. The molecule has 0 unspecified atom stereocenters. The van der Waals surface area contributed by atoms with E-state index in [9.17, 15) is 9.18 Å².